The number of para-hydroxylation sites is 1. The van der Waals surface area contributed by atoms with Crippen LogP contribution in [-0.2, 0) is 17.8 Å². The van der Waals surface area contributed by atoms with Crippen LogP contribution in [0, 0.1) is 17.1 Å². The Balaban J connectivity index is 1.76. The van der Waals surface area contributed by atoms with Gasteiger partial charge in [-0.05, 0) is 18.2 Å². The number of benzene rings is 2. The van der Waals surface area contributed by atoms with Gasteiger partial charge in [-0.1, -0.05) is 24.3 Å². The average molecular weight is 376 g/mol. The molecule has 1 aliphatic rings. The maximum absolute atomic E-state index is 13.8. The van der Waals surface area contributed by atoms with Crippen molar-refractivity contribution in [1.29, 1.82) is 5.26 Å². The lowest BCUT2D eigenvalue weighted by atomic mass is 10.0. The SMILES string of the molecule is N#Cc1c(F)cccc1NC(=O)C(=O)c1c2n(c3ccccc13)CCNCC2. The molecule has 2 aromatic carbocycles. The van der Waals surface area contributed by atoms with Gasteiger partial charge in [-0.2, -0.15) is 5.26 Å². The molecule has 1 aromatic heterocycles. The molecule has 0 saturated heterocycles. The maximum Gasteiger partial charge on any atom is 0.296 e. The monoisotopic (exact) mass is 376 g/mol. The Morgan fingerprint density at radius 2 is 1.96 bits per heavy atom. The van der Waals surface area contributed by atoms with E-state index in [1.807, 2.05) is 24.3 Å². The number of fused-ring (bicyclic) bond motifs is 3. The highest BCUT2D eigenvalue weighted by atomic mass is 19.1. The lowest BCUT2D eigenvalue weighted by Crippen LogP contribution is -2.25. The van der Waals surface area contributed by atoms with E-state index >= 15 is 0 Å². The summed E-state index contributed by atoms with van der Waals surface area (Å²) in [7, 11) is 0. The summed E-state index contributed by atoms with van der Waals surface area (Å²) >= 11 is 0. The summed E-state index contributed by atoms with van der Waals surface area (Å²) in [6, 6.07) is 13.1. The maximum atomic E-state index is 13.8. The number of amides is 1. The Bertz CT molecular complexity index is 1140. The van der Waals surface area contributed by atoms with Crippen molar-refractivity contribution in [3.8, 4) is 6.07 Å². The highest BCUT2D eigenvalue weighted by Crippen LogP contribution is 2.28. The van der Waals surface area contributed by atoms with Crippen molar-refractivity contribution in [2.24, 2.45) is 0 Å². The highest BCUT2D eigenvalue weighted by molar-refractivity contribution is 6.48. The zero-order valence-corrected chi connectivity index (χ0v) is 15.0. The number of Topliss-reactive ketones (excluding diaryl/α,β-unsaturated/α-hetero) is 1. The molecule has 0 fully saturated rings. The zero-order valence-electron chi connectivity index (χ0n) is 15.0. The molecule has 28 heavy (non-hydrogen) atoms. The van der Waals surface area contributed by atoms with Gasteiger partial charge in [0.15, 0.2) is 0 Å². The number of carbonyl (C=O) groups is 2. The number of ketones is 1. The number of hydrogen-bond acceptors (Lipinski definition) is 4. The van der Waals surface area contributed by atoms with Gasteiger partial charge in [-0.25, -0.2) is 4.39 Å². The van der Waals surface area contributed by atoms with E-state index < -0.39 is 17.5 Å². The fraction of sp³-hybridized carbons (Fsp3) is 0.190. The van der Waals surface area contributed by atoms with Crippen LogP contribution in [0.5, 0.6) is 0 Å². The molecule has 0 spiro atoms. The Morgan fingerprint density at radius 1 is 1.14 bits per heavy atom. The van der Waals surface area contributed by atoms with Crippen molar-refractivity contribution in [3.63, 3.8) is 0 Å². The number of anilines is 1. The number of nitrogens with one attached hydrogen (secondary N) is 2. The molecule has 1 amide bonds. The van der Waals surface area contributed by atoms with Gasteiger partial charge in [-0.15, -0.1) is 0 Å². The van der Waals surface area contributed by atoms with Gasteiger partial charge < -0.3 is 15.2 Å². The first-order valence-corrected chi connectivity index (χ1v) is 8.97. The third-order valence-electron chi connectivity index (χ3n) is 4.94. The fourth-order valence-electron chi connectivity index (χ4n) is 3.68. The summed E-state index contributed by atoms with van der Waals surface area (Å²) in [4.78, 5) is 25.8. The second-order valence-electron chi connectivity index (χ2n) is 6.55. The van der Waals surface area contributed by atoms with E-state index in [1.54, 1.807) is 6.07 Å². The van der Waals surface area contributed by atoms with Crippen molar-refractivity contribution >= 4 is 28.3 Å². The second-order valence-corrected chi connectivity index (χ2v) is 6.55. The number of carbonyl (C=O) groups excluding carboxylic acids is 2. The van der Waals surface area contributed by atoms with Gasteiger partial charge in [0.05, 0.1) is 11.3 Å². The third kappa shape index (κ3) is 2.94. The first-order chi connectivity index (χ1) is 13.6. The first-order valence-electron chi connectivity index (χ1n) is 8.97. The van der Waals surface area contributed by atoms with Crippen molar-refractivity contribution in [2.45, 2.75) is 13.0 Å². The molecule has 4 rings (SSSR count). The zero-order chi connectivity index (χ0) is 19.7. The lowest BCUT2D eigenvalue weighted by Gasteiger charge is -2.09. The van der Waals surface area contributed by atoms with Gasteiger partial charge in [-0.3, -0.25) is 9.59 Å². The van der Waals surface area contributed by atoms with Crippen LogP contribution in [-0.4, -0.2) is 29.3 Å². The van der Waals surface area contributed by atoms with Crippen molar-refractivity contribution in [3.05, 3.63) is 65.1 Å². The van der Waals surface area contributed by atoms with Gasteiger partial charge in [0, 0.05) is 42.7 Å². The second kappa shape index (κ2) is 7.25. The van der Waals surface area contributed by atoms with E-state index in [9.17, 15) is 14.0 Å². The minimum atomic E-state index is -0.890. The predicted molar refractivity (Wildman–Crippen MR) is 103 cm³/mol. The summed E-state index contributed by atoms with van der Waals surface area (Å²) in [5.41, 5.74) is 1.77. The fourth-order valence-corrected chi connectivity index (χ4v) is 3.68. The van der Waals surface area contributed by atoms with Crippen LogP contribution >= 0.6 is 0 Å². The molecule has 6 nitrogen and oxygen atoms in total. The van der Waals surface area contributed by atoms with E-state index in [4.69, 9.17) is 5.26 Å². The average Bonchev–Trinajstić information content (AvgIpc) is 2.84. The molecular weight excluding hydrogens is 359 g/mol. The summed E-state index contributed by atoms with van der Waals surface area (Å²) in [6.07, 6.45) is 0.618. The predicted octanol–water partition coefficient (Wildman–Crippen LogP) is 2.62. The molecule has 140 valence electrons. The van der Waals surface area contributed by atoms with Crippen LogP contribution in [0.15, 0.2) is 42.5 Å². The standard InChI is InChI=1S/C21H17FN4O2/c22-15-5-3-6-16(14(15)12-23)25-21(28)20(27)19-13-4-1-2-7-17(13)26-11-10-24-9-8-18(19)26/h1-7,24H,8-11H2,(H,25,28). The van der Waals surface area contributed by atoms with Gasteiger partial charge in [0.2, 0.25) is 0 Å². The van der Waals surface area contributed by atoms with Crippen LogP contribution in [0.2, 0.25) is 0 Å². The largest absolute Gasteiger partial charge is 0.343 e. The number of rotatable bonds is 3. The van der Waals surface area contributed by atoms with Crippen LogP contribution < -0.4 is 10.6 Å². The normalized spacial score (nSPS) is 13.4. The molecule has 0 aliphatic carbocycles. The third-order valence-corrected chi connectivity index (χ3v) is 4.94. The molecule has 0 atom stereocenters. The highest BCUT2D eigenvalue weighted by Gasteiger charge is 2.28. The van der Waals surface area contributed by atoms with Crippen molar-refractivity contribution in [1.82, 2.24) is 9.88 Å². The molecule has 0 unspecified atom stereocenters. The number of nitriles is 1. The summed E-state index contributed by atoms with van der Waals surface area (Å²) in [6.45, 7) is 2.19. The molecule has 7 heteroatoms. The van der Waals surface area contributed by atoms with Crippen LogP contribution in [0.25, 0.3) is 10.9 Å². The van der Waals surface area contributed by atoms with Gasteiger partial charge in [0.25, 0.3) is 11.7 Å². The Hall–Kier alpha value is -3.50. The number of halogens is 1. The molecule has 0 bridgehead atoms. The van der Waals surface area contributed by atoms with E-state index in [2.05, 4.69) is 15.2 Å². The van der Waals surface area contributed by atoms with Crippen LogP contribution in [0.3, 0.4) is 0 Å². The molecule has 2 heterocycles. The Labute approximate surface area is 160 Å². The minimum absolute atomic E-state index is 0.0166. The molecule has 0 saturated carbocycles. The van der Waals surface area contributed by atoms with E-state index in [-0.39, 0.29) is 11.3 Å². The lowest BCUT2D eigenvalue weighted by molar-refractivity contribution is -0.112. The number of nitrogens with zero attached hydrogens (tertiary/aromatic N) is 2. The molecule has 0 radical (unpaired) electrons. The Kier molecular flexibility index (Phi) is 4.63. The van der Waals surface area contributed by atoms with Crippen LogP contribution in [0.4, 0.5) is 10.1 Å². The van der Waals surface area contributed by atoms with Crippen LogP contribution in [0.1, 0.15) is 21.6 Å². The molecule has 3 aromatic rings. The molecular formula is C21H17FN4O2. The summed E-state index contributed by atoms with van der Waals surface area (Å²) in [5, 5.41) is 15.5. The van der Waals surface area contributed by atoms with Crippen molar-refractivity contribution in [2.75, 3.05) is 18.4 Å². The first kappa shape index (κ1) is 17.9. The number of hydrogen-bond donors (Lipinski definition) is 2. The smallest absolute Gasteiger partial charge is 0.296 e. The van der Waals surface area contributed by atoms with E-state index in [0.717, 1.165) is 29.2 Å². The van der Waals surface area contributed by atoms with Crippen molar-refractivity contribution < 1.29 is 14.0 Å². The van der Waals surface area contributed by atoms with E-state index in [1.165, 1.54) is 12.1 Å². The number of aromatic nitrogens is 1. The van der Waals surface area contributed by atoms with E-state index in [0.29, 0.717) is 25.1 Å². The quantitative estimate of drug-likeness (QED) is 0.543. The van der Waals surface area contributed by atoms with Gasteiger partial charge in [0.1, 0.15) is 17.4 Å². The molecule has 1 aliphatic heterocycles. The molecule has 2 N–H and O–H groups in total. The van der Waals surface area contributed by atoms with Gasteiger partial charge >= 0.3 is 0 Å². The minimum Gasteiger partial charge on any atom is -0.343 e. The topological polar surface area (TPSA) is 86.9 Å². The summed E-state index contributed by atoms with van der Waals surface area (Å²) < 4.78 is 15.9. The Morgan fingerprint density at radius 3 is 2.79 bits per heavy atom. The summed E-state index contributed by atoms with van der Waals surface area (Å²) in [5.74, 6) is -2.33.